The minimum atomic E-state index is -4.51. The van der Waals surface area contributed by atoms with Gasteiger partial charge in [-0.3, -0.25) is 0 Å². The van der Waals surface area contributed by atoms with Crippen LogP contribution in [0.4, 0.5) is 22.7 Å². The highest BCUT2D eigenvalue weighted by atomic mass is 32.2. The first kappa shape index (κ1) is 20.8. The molecule has 2 aromatic carbocycles. The van der Waals surface area contributed by atoms with Gasteiger partial charge in [0.25, 0.3) is 0 Å². The van der Waals surface area contributed by atoms with Crippen LogP contribution in [0.3, 0.4) is 0 Å². The second-order valence-electron chi connectivity index (χ2n) is 5.83. The Hall–Kier alpha value is -1.97. The molecule has 0 aliphatic heterocycles. The number of rotatable bonds is 6. The number of benzene rings is 2. The minimum absolute atomic E-state index is 0.00226. The van der Waals surface area contributed by atoms with Crippen LogP contribution in [-0.4, -0.2) is 28.2 Å². The van der Waals surface area contributed by atoms with Gasteiger partial charge < -0.3 is 0 Å². The van der Waals surface area contributed by atoms with Crippen molar-refractivity contribution >= 4 is 44.8 Å². The fraction of sp³-hybridized carbons (Fsp3) is 0.263. The molecule has 0 spiro atoms. The van der Waals surface area contributed by atoms with Gasteiger partial charge in [0, 0.05) is 17.7 Å². The van der Waals surface area contributed by atoms with Crippen molar-refractivity contribution in [1.82, 2.24) is 9.29 Å². The molecular formula is C19H17F4N3S2. The highest BCUT2D eigenvalue weighted by Crippen LogP contribution is 2.43. The summed E-state index contributed by atoms with van der Waals surface area (Å²) >= 11 is 2.42. The third-order valence-corrected chi connectivity index (χ3v) is 6.02. The maximum atomic E-state index is 13.8. The molecule has 0 aliphatic carbocycles. The van der Waals surface area contributed by atoms with Crippen molar-refractivity contribution in [1.29, 1.82) is 0 Å². The highest BCUT2D eigenvalue weighted by Gasteiger charge is 2.44. The number of thiazole rings is 1. The lowest BCUT2D eigenvalue weighted by molar-refractivity contribution is -0.172. The van der Waals surface area contributed by atoms with Crippen LogP contribution in [0, 0.1) is 5.82 Å². The molecule has 148 valence electrons. The maximum Gasteiger partial charge on any atom is 0.408 e. The van der Waals surface area contributed by atoms with Gasteiger partial charge in [-0.2, -0.15) is 13.2 Å². The summed E-state index contributed by atoms with van der Waals surface area (Å²) in [6, 6.07) is 7.95. The van der Waals surface area contributed by atoms with Gasteiger partial charge >= 0.3 is 6.18 Å². The van der Waals surface area contributed by atoms with E-state index < -0.39 is 18.0 Å². The number of hydrogen-bond donors (Lipinski definition) is 0. The molecule has 0 aliphatic rings. The Morgan fingerprint density at radius 3 is 2.54 bits per heavy atom. The first-order chi connectivity index (χ1) is 13.3. The fourth-order valence-corrected chi connectivity index (χ4v) is 4.60. The zero-order valence-corrected chi connectivity index (χ0v) is 16.7. The first-order valence-electron chi connectivity index (χ1n) is 8.48. The number of aromatic nitrogens is 1. The summed E-state index contributed by atoms with van der Waals surface area (Å²) in [7, 11) is 0. The van der Waals surface area contributed by atoms with Crippen LogP contribution in [0.5, 0.6) is 0 Å². The zero-order chi connectivity index (χ0) is 20.3. The molecule has 0 fully saturated rings. The topological polar surface area (TPSA) is 28.5 Å². The lowest BCUT2D eigenvalue weighted by Crippen LogP contribution is -2.34. The Morgan fingerprint density at radius 2 is 1.93 bits per heavy atom. The van der Waals surface area contributed by atoms with E-state index >= 15 is 0 Å². The van der Waals surface area contributed by atoms with Crippen molar-refractivity contribution in [3.8, 4) is 0 Å². The van der Waals surface area contributed by atoms with Crippen molar-refractivity contribution in [3.63, 3.8) is 0 Å². The molecule has 0 radical (unpaired) electrons. The number of alkyl halides is 3. The fourth-order valence-electron chi connectivity index (χ4n) is 2.72. The van der Waals surface area contributed by atoms with Crippen LogP contribution >= 0.6 is 23.3 Å². The largest absolute Gasteiger partial charge is 0.408 e. The van der Waals surface area contributed by atoms with E-state index in [0.717, 1.165) is 28.8 Å². The maximum absolute atomic E-state index is 13.8. The van der Waals surface area contributed by atoms with E-state index in [-0.39, 0.29) is 12.1 Å². The molecule has 1 heterocycles. The van der Waals surface area contributed by atoms with E-state index in [1.807, 2.05) is 6.07 Å². The Labute approximate surface area is 168 Å². The van der Waals surface area contributed by atoms with Gasteiger partial charge in [0.15, 0.2) is 0 Å². The van der Waals surface area contributed by atoms with E-state index in [2.05, 4.69) is 9.98 Å². The van der Waals surface area contributed by atoms with Crippen LogP contribution in [0.15, 0.2) is 52.4 Å². The third-order valence-electron chi connectivity index (χ3n) is 3.91. The molecular weight excluding hydrogens is 410 g/mol. The van der Waals surface area contributed by atoms with E-state index in [9.17, 15) is 17.6 Å². The Morgan fingerprint density at radius 1 is 1.21 bits per heavy atom. The molecule has 1 atom stereocenters. The molecule has 28 heavy (non-hydrogen) atoms. The van der Waals surface area contributed by atoms with E-state index in [0.29, 0.717) is 15.5 Å². The molecule has 0 amide bonds. The van der Waals surface area contributed by atoms with Crippen molar-refractivity contribution in [2.24, 2.45) is 4.99 Å². The van der Waals surface area contributed by atoms with Crippen LogP contribution < -0.4 is 0 Å². The zero-order valence-electron chi connectivity index (χ0n) is 15.1. The molecule has 3 rings (SSSR count). The number of halogens is 4. The van der Waals surface area contributed by atoms with Crippen LogP contribution in [-0.2, 0) is 0 Å². The second kappa shape index (κ2) is 8.59. The van der Waals surface area contributed by atoms with Gasteiger partial charge in [-0.25, -0.2) is 18.7 Å². The number of fused-ring (bicyclic) bond motifs is 1. The quantitative estimate of drug-likeness (QED) is 0.246. The molecule has 0 N–H and O–H groups in total. The Kier molecular flexibility index (Phi) is 6.36. The molecule has 3 nitrogen and oxygen atoms in total. The van der Waals surface area contributed by atoms with E-state index in [1.54, 1.807) is 32.2 Å². The molecule has 1 aromatic heterocycles. The van der Waals surface area contributed by atoms with Crippen molar-refractivity contribution in [2.75, 3.05) is 6.54 Å². The molecule has 0 saturated carbocycles. The molecule has 0 bridgehead atoms. The van der Waals surface area contributed by atoms with Gasteiger partial charge in [0.2, 0.25) is 5.13 Å². The standard InChI is InChI=1S/C19H17F4N3S2/c1-3-24-18-25-15-11-14(9-10-16(15)27-18)28-26(4-2)17(19(21,22)23)12-5-7-13(20)8-6-12/h3,5-11,17H,4H2,1-2H3/b24-3+. The summed E-state index contributed by atoms with van der Waals surface area (Å²) in [5.41, 5.74) is 0.689. The molecule has 0 saturated heterocycles. The first-order valence-corrected chi connectivity index (χ1v) is 10.1. The third kappa shape index (κ3) is 4.71. The van der Waals surface area contributed by atoms with Gasteiger partial charge in [-0.05, 0) is 54.8 Å². The Bertz CT molecular complexity index is 967. The summed E-state index contributed by atoms with van der Waals surface area (Å²) in [6.07, 6.45) is -2.86. The average Bonchev–Trinajstić information content (AvgIpc) is 3.03. The summed E-state index contributed by atoms with van der Waals surface area (Å²) in [5, 5.41) is 0.603. The molecule has 1 unspecified atom stereocenters. The second-order valence-corrected chi connectivity index (χ2v) is 7.97. The van der Waals surface area contributed by atoms with Crippen molar-refractivity contribution < 1.29 is 17.6 Å². The minimum Gasteiger partial charge on any atom is -0.232 e. The number of nitrogens with zero attached hydrogens (tertiary/aromatic N) is 3. The van der Waals surface area contributed by atoms with Gasteiger partial charge in [0.1, 0.15) is 11.9 Å². The SMILES string of the molecule is C/C=N/c1nc2cc(SN(CC)C(c3ccc(F)cc3)C(F)(F)F)ccc2s1. The van der Waals surface area contributed by atoms with Gasteiger partial charge in [-0.15, -0.1) is 0 Å². The van der Waals surface area contributed by atoms with Gasteiger partial charge in [-0.1, -0.05) is 30.4 Å². The van der Waals surface area contributed by atoms with Crippen LogP contribution in [0.2, 0.25) is 0 Å². The predicted octanol–water partition coefficient (Wildman–Crippen LogP) is 6.79. The molecule has 9 heteroatoms. The molecule has 3 aromatic rings. The average molecular weight is 427 g/mol. The van der Waals surface area contributed by atoms with E-state index in [1.165, 1.54) is 27.8 Å². The summed E-state index contributed by atoms with van der Waals surface area (Å²) in [4.78, 5) is 9.17. The lowest BCUT2D eigenvalue weighted by atomic mass is 10.1. The summed E-state index contributed by atoms with van der Waals surface area (Å²) in [6.45, 7) is 3.59. The predicted molar refractivity (Wildman–Crippen MR) is 107 cm³/mol. The van der Waals surface area contributed by atoms with Gasteiger partial charge in [0.05, 0.1) is 10.2 Å². The van der Waals surface area contributed by atoms with Crippen LogP contribution in [0.1, 0.15) is 25.5 Å². The monoisotopic (exact) mass is 427 g/mol. The summed E-state index contributed by atoms with van der Waals surface area (Å²) < 4.78 is 56.8. The van der Waals surface area contributed by atoms with E-state index in [4.69, 9.17) is 0 Å². The Balaban J connectivity index is 1.92. The lowest BCUT2D eigenvalue weighted by Gasteiger charge is -2.31. The highest BCUT2D eigenvalue weighted by molar-refractivity contribution is 7.97. The van der Waals surface area contributed by atoms with Crippen LogP contribution in [0.25, 0.3) is 10.2 Å². The normalized spacial score (nSPS) is 13.7. The van der Waals surface area contributed by atoms with Crippen molar-refractivity contribution in [3.05, 3.63) is 53.8 Å². The smallest absolute Gasteiger partial charge is 0.232 e. The summed E-state index contributed by atoms with van der Waals surface area (Å²) in [5.74, 6) is -0.570. The van der Waals surface area contributed by atoms with Crippen molar-refractivity contribution in [2.45, 2.75) is 31.0 Å². The number of aliphatic imine (C=N–C) groups is 1. The number of hydrogen-bond acceptors (Lipinski definition) is 5.